The van der Waals surface area contributed by atoms with Crippen molar-refractivity contribution in [1.29, 1.82) is 10.5 Å². The average molecular weight is 351 g/mol. The highest BCUT2D eigenvalue weighted by atomic mass is 32.2. The van der Waals surface area contributed by atoms with Gasteiger partial charge in [0.25, 0.3) is 0 Å². The van der Waals surface area contributed by atoms with Crippen LogP contribution in [0.25, 0.3) is 0 Å². The lowest BCUT2D eigenvalue weighted by Crippen LogP contribution is -2.49. The summed E-state index contributed by atoms with van der Waals surface area (Å²) in [6.45, 7) is 0. The highest BCUT2D eigenvalue weighted by Crippen LogP contribution is 2.54. The zero-order chi connectivity index (χ0) is 17.9. The molecule has 1 aliphatic carbocycles. The van der Waals surface area contributed by atoms with E-state index in [0.717, 1.165) is 42.7 Å². The molecule has 3 rings (SSSR count). The van der Waals surface area contributed by atoms with Gasteiger partial charge in [0.05, 0.1) is 22.7 Å². The zero-order valence-electron chi connectivity index (χ0n) is 14.4. The van der Waals surface area contributed by atoms with Gasteiger partial charge in [-0.05, 0) is 18.4 Å². The van der Waals surface area contributed by atoms with Crippen LogP contribution in [0.1, 0.15) is 37.7 Å². The first-order chi connectivity index (χ1) is 12.1. The van der Waals surface area contributed by atoms with Crippen LogP contribution in [0.4, 0.5) is 0 Å². The molecule has 0 bridgehead atoms. The Kier molecular flexibility index (Phi) is 5.16. The molecule has 0 radical (unpaired) electrons. The van der Waals surface area contributed by atoms with Gasteiger partial charge in [-0.1, -0.05) is 49.6 Å². The summed E-state index contributed by atoms with van der Waals surface area (Å²) in [6.07, 6.45) is 4.55. The van der Waals surface area contributed by atoms with E-state index in [1.807, 2.05) is 30.3 Å². The van der Waals surface area contributed by atoms with E-state index in [0.29, 0.717) is 11.3 Å². The van der Waals surface area contributed by atoms with Crippen LogP contribution in [-0.4, -0.2) is 17.9 Å². The SMILES string of the molecule is CN1C(=O)[C@H](C#N)C2(CCCCC2)C(C#N)=C1SCc1ccccc1. The predicted octanol–water partition coefficient (Wildman–Crippen LogP) is 4.22. The van der Waals surface area contributed by atoms with Crippen LogP contribution in [0.2, 0.25) is 0 Å². The van der Waals surface area contributed by atoms with Crippen LogP contribution in [0.15, 0.2) is 40.9 Å². The van der Waals surface area contributed by atoms with Crippen LogP contribution in [0, 0.1) is 34.0 Å². The van der Waals surface area contributed by atoms with Crippen LogP contribution in [-0.2, 0) is 10.5 Å². The molecule has 25 heavy (non-hydrogen) atoms. The summed E-state index contributed by atoms with van der Waals surface area (Å²) in [5.41, 5.74) is 1.20. The highest BCUT2D eigenvalue weighted by molar-refractivity contribution is 8.02. The molecule has 1 atom stereocenters. The minimum atomic E-state index is -0.742. The standard InChI is InChI=1S/C20H21N3OS/c1-23-18(24)16(12-21)20(10-6-3-7-11-20)17(13-22)19(23)25-14-15-8-4-2-5-9-15/h2,4-5,8-9,16H,3,6-7,10-11,14H2,1H3/t16-/m0/s1. The van der Waals surface area contributed by atoms with Gasteiger partial charge in [0, 0.05) is 18.2 Å². The summed E-state index contributed by atoms with van der Waals surface area (Å²) >= 11 is 1.53. The Balaban J connectivity index is 2.01. The van der Waals surface area contributed by atoms with Gasteiger partial charge < -0.3 is 4.90 Å². The first-order valence-corrected chi connectivity index (χ1v) is 9.61. The van der Waals surface area contributed by atoms with Gasteiger partial charge in [-0.2, -0.15) is 10.5 Å². The second-order valence-electron chi connectivity index (χ2n) is 6.74. The largest absolute Gasteiger partial charge is 0.308 e. The van der Waals surface area contributed by atoms with Crippen molar-refractivity contribution in [1.82, 2.24) is 4.90 Å². The minimum Gasteiger partial charge on any atom is -0.308 e. The summed E-state index contributed by atoms with van der Waals surface area (Å²) in [5.74, 6) is -0.209. The maximum atomic E-state index is 12.9. The molecule has 5 heteroatoms. The number of hydrogen-bond acceptors (Lipinski definition) is 4. The first kappa shape index (κ1) is 17.6. The van der Waals surface area contributed by atoms with Crippen molar-refractivity contribution in [3.63, 3.8) is 0 Å². The molecule has 1 heterocycles. The van der Waals surface area contributed by atoms with Crippen LogP contribution >= 0.6 is 11.8 Å². The van der Waals surface area contributed by atoms with Crippen LogP contribution in [0.3, 0.4) is 0 Å². The van der Waals surface area contributed by atoms with E-state index in [1.54, 1.807) is 7.05 Å². The summed E-state index contributed by atoms with van der Waals surface area (Å²) in [4.78, 5) is 14.4. The molecule has 128 valence electrons. The average Bonchev–Trinajstić information content (AvgIpc) is 2.65. The number of hydrogen-bond donors (Lipinski definition) is 0. The molecule has 0 saturated heterocycles. The molecule has 0 N–H and O–H groups in total. The van der Waals surface area contributed by atoms with Gasteiger partial charge >= 0.3 is 0 Å². The van der Waals surface area contributed by atoms with Crippen molar-refractivity contribution in [2.24, 2.45) is 11.3 Å². The lowest BCUT2D eigenvalue weighted by molar-refractivity contribution is -0.135. The first-order valence-electron chi connectivity index (χ1n) is 8.63. The Morgan fingerprint density at radius 2 is 1.88 bits per heavy atom. The van der Waals surface area contributed by atoms with Crippen molar-refractivity contribution in [2.75, 3.05) is 7.05 Å². The summed E-state index contributed by atoms with van der Waals surface area (Å²) in [7, 11) is 1.69. The Morgan fingerprint density at radius 1 is 1.20 bits per heavy atom. The van der Waals surface area contributed by atoms with Crippen molar-refractivity contribution in [3.8, 4) is 12.1 Å². The normalized spacial score (nSPS) is 22.6. The number of thioether (sulfide) groups is 1. The molecular weight excluding hydrogens is 330 g/mol. The number of nitriles is 2. The molecule has 0 unspecified atom stereocenters. The Morgan fingerprint density at radius 3 is 2.48 bits per heavy atom. The maximum Gasteiger partial charge on any atom is 0.245 e. The maximum absolute atomic E-state index is 12.9. The Bertz CT molecular complexity index is 766. The molecule has 4 nitrogen and oxygen atoms in total. The predicted molar refractivity (Wildman–Crippen MR) is 97.8 cm³/mol. The topological polar surface area (TPSA) is 67.9 Å². The number of amides is 1. The zero-order valence-corrected chi connectivity index (χ0v) is 15.2. The van der Waals surface area contributed by atoms with Gasteiger partial charge in [-0.25, -0.2) is 0 Å². The molecule has 1 saturated carbocycles. The molecule has 1 aromatic carbocycles. The van der Waals surface area contributed by atoms with Crippen molar-refractivity contribution < 1.29 is 4.79 Å². The third-order valence-electron chi connectivity index (χ3n) is 5.35. The van der Waals surface area contributed by atoms with E-state index >= 15 is 0 Å². The number of carbonyl (C=O) groups is 1. The Hall–Kier alpha value is -2.24. The smallest absolute Gasteiger partial charge is 0.245 e. The van der Waals surface area contributed by atoms with Gasteiger partial charge in [0.1, 0.15) is 5.92 Å². The number of benzene rings is 1. The van der Waals surface area contributed by atoms with Gasteiger partial charge in [-0.15, -0.1) is 11.8 Å². The second kappa shape index (κ2) is 7.33. The fourth-order valence-corrected chi connectivity index (χ4v) is 5.18. The number of rotatable bonds is 3. The van der Waals surface area contributed by atoms with E-state index in [2.05, 4.69) is 12.1 Å². The number of allylic oxidation sites excluding steroid dienone is 1. The molecule has 1 amide bonds. The highest BCUT2D eigenvalue weighted by Gasteiger charge is 2.53. The number of carbonyl (C=O) groups excluding carboxylic acids is 1. The molecule has 0 aromatic heterocycles. The van der Waals surface area contributed by atoms with Crippen LogP contribution in [0.5, 0.6) is 0 Å². The van der Waals surface area contributed by atoms with E-state index in [4.69, 9.17) is 0 Å². The monoisotopic (exact) mass is 351 g/mol. The summed E-state index contributed by atoms with van der Waals surface area (Å²) < 4.78 is 0. The van der Waals surface area contributed by atoms with Gasteiger partial charge in [0.15, 0.2) is 0 Å². The fourth-order valence-electron chi connectivity index (χ4n) is 4.01. The Labute approximate surface area is 153 Å². The lowest BCUT2D eigenvalue weighted by atomic mass is 9.61. The molecule has 1 aliphatic heterocycles. The molecule has 1 spiro atoms. The quantitative estimate of drug-likeness (QED) is 0.818. The minimum absolute atomic E-state index is 0.168. The third-order valence-corrected chi connectivity index (χ3v) is 6.58. The van der Waals surface area contributed by atoms with Gasteiger partial charge in [-0.3, -0.25) is 4.79 Å². The molecule has 2 aliphatic rings. The van der Waals surface area contributed by atoms with Crippen molar-refractivity contribution in [3.05, 3.63) is 46.5 Å². The molecule has 1 aromatic rings. The molecular formula is C20H21N3OS. The van der Waals surface area contributed by atoms with Crippen molar-refractivity contribution in [2.45, 2.75) is 37.9 Å². The third kappa shape index (κ3) is 3.05. The lowest BCUT2D eigenvalue weighted by Gasteiger charge is -2.45. The van der Waals surface area contributed by atoms with E-state index < -0.39 is 11.3 Å². The van der Waals surface area contributed by atoms with Crippen LogP contribution < -0.4 is 0 Å². The molecule has 1 fully saturated rings. The van der Waals surface area contributed by atoms with Gasteiger partial charge in [0.2, 0.25) is 5.91 Å². The van der Waals surface area contributed by atoms with E-state index in [-0.39, 0.29) is 5.91 Å². The second-order valence-corrected chi connectivity index (χ2v) is 7.71. The van der Waals surface area contributed by atoms with Crippen molar-refractivity contribution >= 4 is 17.7 Å². The van der Waals surface area contributed by atoms with E-state index in [9.17, 15) is 15.3 Å². The number of nitrogens with zero attached hydrogens (tertiary/aromatic N) is 3. The summed E-state index contributed by atoms with van der Waals surface area (Å²) in [5, 5.41) is 20.3. The fraction of sp³-hybridized carbons (Fsp3) is 0.450. The summed E-state index contributed by atoms with van der Waals surface area (Å²) in [6, 6.07) is 14.6. The van der Waals surface area contributed by atoms with E-state index in [1.165, 1.54) is 16.7 Å².